The van der Waals surface area contributed by atoms with Crippen LogP contribution in [0.15, 0.2) is 16.5 Å². The summed E-state index contributed by atoms with van der Waals surface area (Å²) in [5.41, 5.74) is 2.01. The summed E-state index contributed by atoms with van der Waals surface area (Å²) < 4.78 is 11.0. The zero-order valence-corrected chi connectivity index (χ0v) is 16.0. The molecule has 2 aromatic heterocycles. The van der Waals surface area contributed by atoms with Crippen molar-refractivity contribution >= 4 is 11.9 Å². The van der Waals surface area contributed by atoms with Crippen LogP contribution < -0.4 is 10.1 Å². The summed E-state index contributed by atoms with van der Waals surface area (Å²) >= 11 is 0. The average Bonchev–Trinajstić information content (AvgIpc) is 3.26. The van der Waals surface area contributed by atoms with Crippen LogP contribution in [0, 0.1) is 12.3 Å². The van der Waals surface area contributed by atoms with Gasteiger partial charge in [-0.2, -0.15) is 0 Å². The zero-order chi connectivity index (χ0) is 19.0. The van der Waals surface area contributed by atoms with Gasteiger partial charge in [-0.3, -0.25) is 4.79 Å². The Morgan fingerprint density at radius 2 is 2.00 bits per heavy atom. The monoisotopic (exact) mass is 371 g/mol. The van der Waals surface area contributed by atoms with E-state index in [9.17, 15) is 4.79 Å². The van der Waals surface area contributed by atoms with E-state index in [4.69, 9.17) is 9.15 Å². The maximum Gasteiger partial charge on any atom is 0.316 e. The maximum absolute atomic E-state index is 12.7. The van der Waals surface area contributed by atoms with Crippen molar-refractivity contribution in [2.24, 2.45) is 5.41 Å². The third kappa shape index (κ3) is 3.61. The van der Waals surface area contributed by atoms with Crippen molar-refractivity contribution in [1.82, 2.24) is 20.1 Å². The zero-order valence-electron chi connectivity index (χ0n) is 16.0. The highest BCUT2D eigenvalue weighted by atomic mass is 16.5. The lowest BCUT2D eigenvalue weighted by atomic mass is 9.93. The molecule has 2 aromatic rings. The smallest absolute Gasteiger partial charge is 0.316 e. The molecule has 0 aromatic carbocycles. The number of methoxy groups -OCH3 is 1. The molecule has 1 N–H and O–H groups in total. The highest BCUT2D eigenvalue weighted by Crippen LogP contribution is 2.53. The van der Waals surface area contributed by atoms with Gasteiger partial charge in [0.1, 0.15) is 11.6 Å². The number of ether oxygens (including phenoxy) is 1. The number of aromatic nitrogens is 3. The Bertz CT molecular complexity index is 836. The van der Waals surface area contributed by atoms with Gasteiger partial charge < -0.3 is 19.4 Å². The topological polar surface area (TPSA) is 93.4 Å². The van der Waals surface area contributed by atoms with Crippen molar-refractivity contribution in [2.45, 2.75) is 45.6 Å². The number of likely N-dealkylation sites (tertiary alicyclic amines) is 1. The number of carbonyl (C=O) groups excluding carboxylic acids is 1. The third-order valence-electron chi connectivity index (χ3n) is 5.65. The first-order valence-electron chi connectivity index (χ1n) is 9.40. The fourth-order valence-electron chi connectivity index (χ4n) is 3.64. The summed E-state index contributed by atoms with van der Waals surface area (Å²) in [6.45, 7) is 5.38. The minimum Gasteiger partial charge on any atom is -0.480 e. The average molecular weight is 371 g/mol. The second kappa shape index (κ2) is 6.83. The van der Waals surface area contributed by atoms with E-state index in [1.165, 1.54) is 12.8 Å². The number of hydrogen-bond donors (Lipinski definition) is 1. The maximum atomic E-state index is 12.7. The van der Waals surface area contributed by atoms with Crippen molar-refractivity contribution in [2.75, 3.05) is 25.5 Å². The molecule has 0 unspecified atom stereocenters. The Labute approximate surface area is 158 Å². The summed E-state index contributed by atoms with van der Waals surface area (Å²) in [6.07, 6.45) is 4.89. The molecular formula is C19H25N5O3. The van der Waals surface area contributed by atoms with Gasteiger partial charge in [0.2, 0.25) is 11.8 Å². The number of nitrogens with one attached hydrogen (secondary N) is 1. The first kappa shape index (κ1) is 17.8. The van der Waals surface area contributed by atoms with Crippen LogP contribution in [0.5, 0.6) is 5.88 Å². The summed E-state index contributed by atoms with van der Waals surface area (Å²) in [7, 11) is 1.55. The lowest BCUT2D eigenvalue weighted by molar-refractivity contribution is -0.133. The van der Waals surface area contributed by atoms with E-state index < -0.39 is 6.04 Å². The number of rotatable bonds is 5. The molecule has 2 fully saturated rings. The molecule has 0 radical (unpaired) electrons. The van der Waals surface area contributed by atoms with Crippen molar-refractivity contribution in [1.29, 1.82) is 0 Å². The first-order chi connectivity index (χ1) is 13.0. The predicted molar refractivity (Wildman–Crippen MR) is 99.4 cm³/mol. The highest BCUT2D eigenvalue weighted by Gasteiger charge is 2.45. The van der Waals surface area contributed by atoms with Crippen LogP contribution in [0.4, 0.5) is 6.01 Å². The number of piperidine rings is 1. The van der Waals surface area contributed by atoms with Gasteiger partial charge in [0.15, 0.2) is 0 Å². The Morgan fingerprint density at radius 3 is 2.67 bits per heavy atom. The normalized spacial score (nSPS) is 19.0. The Morgan fingerprint density at radius 1 is 1.26 bits per heavy atom. The number of hydrogen-bond acceptors (Lipinski definition) is 7. The first-order valence-corrected chi connectivity index (χ1v) is 9.40. The molecule has 4 rings (SSSR count). The molecule has 8 nitrogen and oxygen atoms in total. The Balaban J connectivity index is 1.41. The van der Waals surface area contributed by atoms with Crippen molar-refractivity contribution in [3.8, 4) is 17.3 Å². The van der Waals surface area contributed by atoms with Gasteiger partial charge in [-0.05, 0) is 57.1 Å². The van der Waals surface area contributed by atoms with Gasteiger partial charge >= 0.3 is 6.01 Å². The van der Waals surface area contributed by atoms with E-state index in [0.29, 0.717) is 22.7 Å². The standard InChI is InChI=1S/C19H25N5O3/c1-12-4-5-14(15(20-12)26-3)16-22-23-18(27-16)21-13(2)17(25)24-10-8-19(6-7-19)9-11-24/h4-5,13H,6-11H2,1-3H3,(H,21,23)/t13-/m1/s1. The molecule has 1 aliphatic carbocycles. The van der Waals surface area contributed by atoms with Gasteiger partial charge in [-0.15, -0.1) is 5.10 Å². The number of aryl methyl sites for hydroxylation is 1. The van der Waals surface area contributed by atoms with Gasteiger partial charge in [0.25, 0.3) is 5.89 Å². The largest absolute Gasteiger partial charge is 0.480 e. The predicted octanol–water partition coefficient (Wildman–Crippen LogP) is 2.65. The fraction of sp³-hybridized carbons (Fsp3) is 0.579. The number of carbonyl (C=O) groups is 1. The van der Waals surface area contributed by atoms with Crippen molar-refractivity contribution < 1.29 is 13.9 Å². The van der Waals surface area contributed by atoms with Crippen LogP contribution in [0.25, 0.3) is 11.5 Å². The van der Waals surface area contributed by atoms with E-state index in [2.05, 4.69) is 20.5 Å². The van der Waals surface area contributed by atoms with Crippen LogP contribution in [0.1, 0.15) is 38.3 Å². The molecule has 1 amide bonds. The van der Waals surface area contributed by atoms with E-state index >= 15 is 0 Å². The van der Waals surface area contributed by atoms with E-state index in [-0.39, 0.29) is 11.9 Å². The molecule has 1 saturated carbocycles. The summed E-state index contributed by atoms with van der Waals surface area (Å²) in [5, 5.41) is 11.1. The molecule has 1 atom stereocenters. The molecule has 27 heavy (non-hydrogen) atoms. The molecule has 144 valence electrons. The SMILES string of the molecule is COc1nc(C)ccc1-c1nnc(N[C@H](C)C(=O)N2CCC3(CC2)CC3)o1. The van der Waals surface area contributed by atoms with Gasteiger partial charge in [0, 0.05) is 18.8 Å². The lowest BCUT2D eigenvalue weighted by Crippen LogP contribution is -2.45. The molecule has 1 spiro atoms. The molecule has 3 heterocycles. The summed E-state index contributed by atoms with van der Waals surface area (Å²) in [6, 6.07) is 3.47. The van der Waals surface area contributed by atoms with Crippen LogP contribution in [-0.4, -0.2) is 52.2 Å². The molecular weight excluding hydrogens is 346 g/mol. The van der Waals surface area contributed by atoms with Gasteiger partial charge in [-0.25, -0.2) is 4.98 Å². The third-order valence-corrected chi connectivity index (χ3v) is 5.65. The quantitative estimate of drug-likeness (QED) is 0.863. The summed E-state index contributed by atoms with van der Waals surface area (Å²) in [4.78, 5) is 18.9. The second-order valence-electron chi connectivity index (χ2n) is 7.61. The number of nitrogens with zero attached hydrogens (tertiary/aromatic N) is 4. The molecule has 0 bridgehead atoms. The number of amides is 1. The van der Waals surface area contributed by atoms with Crippen molar-refractivity contribution in [3.63, 3.8) is 0 Å². The molecule has 1 saturated heterocycles. The van der Waals surface area contributed by atoms with Crippen molar-refractivity contribution in [3.05, 3.63) is 17.8 Å². The second-order valence-corrected chi connectivity index (χ2v) is 7.61. The highest BCUT2D eigenvalue weighted by molar-refractivity contribution is 5.83. The summed E-state index contributed by atoms with van der Waals surface area (Å²) in [5.74, 6) is 0.798. The van der Waals surface area contributed by atoms with Gasteiger partial charge in [-0.1, -0.05) is 5.10 Å². The van der Waals surface area contributed by atoms with E-state index in [1.807, 2.05) is 30.9 Å². The molecule has 1 aliphatic heterocycles. The number of anilines is 1. The Hall–Kier alpha value is -2.64. The Kier molecular flexibility index (Phi) is 4.49. The minimum atomic E-state index is -0.426. The van der Waals surface area contributed by atoms with Gasteiger partial charge in [0.05, 0.1) is 7.11 Å². The van der Waals surface area contributed by atoms with Crippen LogP contribution in [-0.2, 0) is 4.79 Å². The lowest BCUT2D eigenvalue weighted by Gasteiger charge is -2.33. The molecule has 2 aliphatic rings. The number of pyridine rings is 1. The van der Waals surface area contributed by atoms with Crippen LogP contribution in [0.2, 0.25) is 0 Å². The fourth-order valence-corrected chi connectivity index (χ4v) is 3.64. The molecule has 8 heteroatoms. The minimum absolute atomic E-state index is 0.0693. The van der Waals surface area contributed by atoms with E-state index in [1.54, 1.807) is 7.11 Å². The van der Waals surface area contributed by atoms with E-state index in [0.717, 1.165) is 31.6 Å². The van der Waals surface area contributed by atoms with Crippen LogP contribution in [0.3, 0.4) is 0 Å². The van der Waals surface area contributed by atoms with Crippen LogP contribution >= 0.6 is 0 Å².